The van der Waals surface area contributed by atoms with Gasteiger partial charge in [0.05, 0.1) is 12.0 Å². The average molecular weight is 311 g/mol. The van der Waals surface area contributed by atoms with Crippen LogP contribution < -0.4 is 5.32 Å². The second-order valence-electron chi connectivity index (χ2n) is 5.81. The predicted octanol–water partition coefficient (Wildman–Crippen LogP) is 3.37. The lowest BCUT2D eigenvalue weighted by Crippen LogP contribution is -2.25. The van der Waals surface area contributed by atoms with Crippen molar-refractivity contribution in [3.63, 3.8) is 0 Å². The maximum Gasteiger partial charge on any atom is 0.335 e. The minimum absolute atomic E-state index is 0.0621. The number of rotatable bonds is 6. The van der Waals surface area contributed by atoms with Crippen molar-refractivity contribution in [1.29, 1.82) is 0 Å². The second kappa shape index (κ2) is 7.58. The molecule has 4 nitrogen and oxygen atoms in total. The van der Waals surface area contributed by atoms with Crippen LogP contribution >= 0.6 is 0 Å². The fourth-order valence-electron chi connectivity index (χ4n) is 2.34. The SMILES string of the molecule is CC(C)c1ccc(CNC(=O)Cc2ccccc2C(=O)O)cc1. The van der Waals surface area contributed by atoms with E-state index in [0.717, 1.165) is 5.56 Å². The molecule has 0 aliphatic heterocycles. The number of nitrogens with one attached hydrogen (secondary N) is 1. The first-order valence-electron chi connectivity index (χ1n) is 7.64. The van der Waals surface area contributed by atoms with Crippen LogP contribution in [0.4, 0.5) is 0 Å². The van der Waals surface area contributed by atoms with Crippen LogP contribution in [-0.4, -0.2) is 17.0 Å². The molecule has 0 bridgehead atoms. The maximum atomic E-state index is 12.0. The first-order chi connectivity index (χ1) is 11.0. The molecule has 0 spiro atoms. The molecule has 0 aliphatic rings. The van der Waals surface area contributed by atoms with Crippen molar-refractivity contribution in [2.75, 3.05) is 0 Å². The number of carboxylic acid groups (broad SMARTS) is 1. The molecule has 0 unspecified atom stereocenters. The highest BCUT2D eigenvalue weighted by molar-refractivity contribution is 5.91. The molecule has 1 amide bonds. The zero-order chi connectivity index (χ0) is 16.8. The third-order valence-electron chi connectivity index (χ3n) is 3.73. The number of aromatic carboxylic acids is 1. The number of hydrogen-bond donors (Lipinski definition) is 2. The molecule has 2 aromatic rings. The van der Waals surface area contributed by atoms with Crippen LogP contribution in [0.15, 0.2) is 48.5 Å². The molecule has 2 aromatic carbocycles. The minimum Gasteiger partial charge on any atom is -0.478 e. The molecule has 0 saturated heterocycles. The van der Waals surface area contributed by atoms with Gasteiger partial charge in [-0.2, -0.15) is 0 Å². The molecule has 0 heterocycles. The Kier molecular flexibility index (Phi) is 5.52. The van der Waals surface area contributed by atoms with Crippen LogP contribution in [0.5, 0.6) is 0 Å². The van der Waals surface area contributed by atoms with E-state index in [9.17, 15) is 9.59 Å². The summed E-state index contributed by atoms with van der Waals surface area (Å²) >= 11 is 0. The van der Waals surface area contributed by atoms with E-state index in [2.05, 4.69) is 31.3 Å². The van der Waals surface area contributed by atoms with E-state index in [1.807, 2.05) is 12.1 Å². The normalized spacial score (nSPS) is 10.6. The van der Waals surface area contributed by atoms with Crippen molar-refractivity contribution in [3.05, 3.63) is 70.8 Å². The lowest BCUT2D eigenvalue weighted by atomic mass is 10.0. The summed E-state index contributed by atoms with van der Waals surface area (Å²) in [5.74, 6) is -0.726. The van der Waals surface area contributed by atoms with E-state index in [1.165, 1.54) is 11.6 Å². The molecule has 0 aromatic heterocycles. The number of carbonyl (C=O) groups excluding carboxylic acids is 1. The van der Waals surface area contributed by atoms with E-state index >= 15 is 0 Å². The highest BCUT2D eigenvalue weighted by Crippen LogP contribution is 2.14. The van der Waals surface area contributed by atoms with Crippen LogP contribution in [0.3, 0.4) is 0 Å². The Morgan fingerprint density at radius 2 is 1.70 bits per heavy atom. The quantitative estimate of drug-likeness (QED) is 0.859. The maximum absolute atomic E-state index is 12.0. The highest BCUT2D eigenvalue weighted by Gasteiger charge is 2.12. The van der Waals surface area contributed by atoms with Crippen LogP contribution in [0.25, 0.3) is 0 Å². The van der Waals surface area contributed by atoms with Gasteiger partial charge in [-0.15, -0.1) is 0 Å². The molecule has 0 saturated carbocycles. The summed E-state index contributed by atoms with van der Waals surface area (Å²) in [5.41, 5.74) is 2.97. The standard InChI is InChI=1S/C19H21NO3/c1-13(2)15-9-7-14(8-10-15)12-20-18(21)11-16-5-3-4-6-17(16)19(22)23/h3-10,13H,11-12H2,1-2H3,(H,20,21)(H,22,23). The van der Waals surface area contributed by atoms with Crippen molar-refractivity contribution < 1.29 is 14.7 Å². The van der Waals surface area contributed by atoms with Crippen molar-refractivity contribution in [1.82, 2.24) is 5.32 Å². The van der Waals surface area contributed by atoms with E-state index < -0.39 is 5.97 Å². The number of carbonyl (C=O) groups is 2. The van der Waals surface area contributed by atoms with Crippen molar-refractivity contribution >= 4 is 11.9 Å². The Morgan fingerprint density at radius 3 is 2.30 bits per heavy atom. The fraction of sp³-hybridized carbons (Fsp3) is 0.263. The summed E-state index contributed by atoms with van der Waals surface area (Å²) in [6, 6.07) is 14.7. The molecule has 120 valence electrons. The monoisotopic (exact) mass is 311 g/mol. The van der Waals surface area contributed by atoms with Gasteiger partial charge in [-0.05, 0) is 28.7 Å². The van der Waals surface area contributed by atoms with Crippen molar-refractivity contribution in [2.24, 2.45) is 0 Å². The summed E-state index contributed by atoms with van der Waals surface area (Å²) in [7, 11) is 0. The number of hydrogen-bond acceptors (Lipinski definition) is 2. The summed E-state index contributed by atoms with van der Waals surface area (Å²) in [6.45, 7) is 4.71. The zero-order valence-corrected chi connectivity index (χ0v) is 13.4. The Morgan fingerprint density at radius 1 is 1.04 bits per heavy atom. The minimum atomic E-state index is -1.02. The topological polar surface area (TPSA) is 66.4 Å². The summed E-state index contributed by atoms with van der Waals surface area (Å²) < 4.78 is 0. The number of benzene rings is 2. The Balaban J connectivity index is 1.94. The molecular formula is C19H21NO3. The van der Waals surface area contributed by atoms with Gasteiger partial charge in [-0.1, -0.05) is 56.3 Å². The average Bonchev–Trinajstić information content (AvgIpc) is 2.53. The van der Waals surface area contributed by atoms with Crippen molar-refractivity contribution in [3.8, 4) is 0 Å². The summed E-state index contributed by atoms with van der Waals surface area (Å²) in [4.78, 5) is 23.2. The van der Waals surface area contributed by atoms with Gasteiger partial charge < -0.3 is 10.4 Å². The largest absolute Gasteiger partial charge is 0.478 e. The number of carboxylic acids is 1. The molecule has 0 radical (unpaired) electrons. The van der Waals surface area contributed by atoms with Gasteiger partial charge in [-0.25, -0.2) is 4.79 Å². The van der Waals surface area contributed by atoms with E-state index in [1.54, 1.807) is 18.2 Å². The zero-order valence-electron chi connectivity index (χ0n) is 13.4. The first kappa shape index (κ1) is 16.7. The Bertz CT molecular complexity index is 690. The predicted molar refractivity (Wildman–Crippen MR) is 89.5 cm³/mol. The molecular weight excluding hydrogens is 290 g/mol. The second-order valence-corrected chi connectivity index (χ2v) is 5.81. The summed E-state index contributed by atoms with van der Waals surface area (Å²) in [6.07, 6.45) is 0.0621. The van der Waals surface area contributed by atoms with Gasteiger partial charge in [0.1, 0.15) is 0 Å². The van der Waals surface area contributed by atoms with Gasteiger partial charge in [0.2, 0.25) is 5.91 Å². The van der Waals surface area contributed by atoms with Gasteiger partial charge in [0, 0.05) is 6.54 Å². The van der Waals surface area contributed by atoms with Crippen LogP contribution in [0.2, 0.25) is 0 Å². The lowest BCUT2D eigenvalue weighted by Gasteiger charge is -2.09. The van der Waals surface area contributed by atoms with E-state index in [-0.39, 0.29) is 17.9 Å². The van der Waals surface area contributed by atoms with Gasteiger partial charge >= 0.3 is 5.97 Å². The highest BCUT2D eigenvalue weighted by atomic mass is 16.4. The Hall–Kier alpha value is -2.62. The smallest absolute Gasteiger partial charge is 0.335 e. The van der Waals surface area contributed by atoms with E-state index in [0.29, 0.717) is 18.0 Å². The fourth-order valence-corrected chi connectivity index (χ4v) is 2.34. The van der Waals surface area contributed by atoms with Crippen LogP contribution in [0, 0.1) is 0 Å². The molecule has 0 atom stereocenters. The Labute approximate surface area is 136 Å². The molecule has 2 N–H and O–H groups in total. The lowest BCUT2D eigenvalue weighted by molar-refractivity contribution is -0.120. The van der Waals surface area contributed by atoms with Gasteiger partial charge in [-0.3, -0.25) is 4.79 Å². The van der Waals surface area contributed by atoms with Gasteiger partial charge in [0.25, 0.3) is 0 Å². The molecule has 0 aliphatic carbocycles. The molecule has 0 fully saturated rings. The molecule has 4 heteroatoms. The first-order valence-corrected chi connectivity index (χ1v) is 7.64. The van der Waals surface area contributed by atoms with Crippen LogP contribution in [0.1, 0.15) is 46.8 Å². The van der Waals surface area contributed by atoms with E-state index in [4.69, 9.17) is 5.11 Å². The third-order valence-corrected chi connectivity index (χ3v) is 3.73. The van der Waals surface area contributed by atoms with Crippen molar-refractivity contribution in [2.45, 2.75) is 32.7 Å². The molecule has 2 rings (SSSR count). The summed E-state index contributed by atoms with van der Waals surface area (Å²) in [5, 5.41) is 12.0. The third kappa shape index (κ3) is 4.68. The molecule has 23 heavy (non-hydrogen) atoms. The number of amides is 1. The van der Waals surface area contributed by atoms with Crippen LogP contribution in [-0.2, 0) is 17.8 Å². The van der Waals surface area contributed by atoms with Gasteiger partial charge in [0.15, 0.2) is 0 Å².